The fourth-order valence-corrected chi connectivity index (χ4v) is 2.97. The molecule has 7 heteroatoms. The van der Waals surface area contributed by atoms with Gasteiger partial charge in [-0.2, -0.15) is 0 Å². The number of carboxylic acid groups (broad SMARTS) is 1. The Bertz CT molecular complexity index is 384. The maximum atomic E-state index is 12.1. The van der Waals surface area contributed by atoms with Crippen LogP contribution in [0.4, 0.5) is 4.79 Å². The van der Waals surface area contributed by atoms with Crippen molar-refractivity contribution in [1.82, 2.24) is 10.2 Å². The second kappa shape index (κ2) is 8.33. The minimum Gasteiger partial charge on any atom is -0.481 e. The summed E-state index contributed by atoms with van der Waals surface area (Å²) in [5, 5.41) is 12.0. The zero-order valence-corrected chi connectivity index (χ0v) is 13.1. The van der Waals surface area contributed by atoms with Crippen LogP contribution in [-0.2, 0) is 14.3 Å². The molecule has 2 amide bonds. The summed E-state index contributed by atoms with van der Waals surface area (Å²) in [7, 11) is 0. The molecule has 0 spiro atoms. The van der Waals surface area contributed by atoms with Gasteiger partial charge in [0.25, 0.3) is 0 Å². The molecule has 0 aliphatic carbocycles. The number of aliphatic carboxylic acids is 1. The van der Waals surface area contributed by atoms with Gasteiger partial charge in [-0.05, 0) is 25.2 Å². The summed E-state index contributed by atoms with van der Waals surface area (Å²) in [4.78, 5) is 24.8. The monoisotopic (exact) mass is 314 g/mol. The summed E-state index contributed by atoms with van der Waals surface area (Å²) in [5.74, 6) is -1.07. The third-order valence-corrected chi connectivity index (χ3v) is 4.13. The van der Waals surface area contributed by atoms with Gasteiger partial charge >= 0.3 is 12.0 Å². The van der Waals surface area contributed by atoms with Crippen molar-refractivity contribution in [2.45, 2.75) is 32.3 Å². The number of nitrogens with zero attached hydrogens (tertiary/aromatic N) is 1. The first-order valence-electron chi connectivity index (χ1n) is 8.01. The Kier molecular flexibility index (Phi) is 6.45. The molecule has 0 aromatic rings. The number of carbonyl (C=O) groups excluding carboxylic acids is 1. The van der Waals surface area contributed by atoms with Crippen LogP contribution in [0.15, 0.2) is 0 Å². The number of rotatable bonds is 6. The highest BCUT2D eigenvalue weighted by Crippen LogP contribution is 2.21. The van der Waals surface area contributed by atoms with Crippen LogP contribution >= 0.6 is 0 Å². The molecule has 0 aromatic carbocycles. The van der Waals surface area contributed by atoms with Gasteiger partial charge in [0, 0.05) is 32.8 Å². The lowest BCUT2D eigenvalue weighted by atomic mass is 9.91. The van der Waals surface area contributed by atoms with Crippen molar-refractivity contribution in [3.63, 3.8) is 0 Å². The van der Waals surface area contributed by atoms with Crippen LogP contribution in [0, 0.1) is 11.8 Å². The van der Waals surface area contributed by atoms with E-state index in [0.717, 1.165) is 19.4 Å². The van der Waals surface area contributed by atoms with Crippen LogP contribution in [0.3, 0.4) is 0 Å². The van der Waals surface area contributed by atoms with E-state index in [4.69, 9.17) is 14.6 Å². The molecular formula is C15H26N2O5. The Labute approximate surface area is 130 Å². The Balaban J connectivity index is 1.62. The third kappa shape index (κ3) is 5.14. The molecule has 2 N–H and O–H groups in total. The maximum absolute atomic E-state index is 12.1. The van der Waals surface area contributed by atoms with E-state index in [1.165, 1.54) is 0 Å². The highest BCUT2D eigenvalue weighted by atomic mass is 16.5. The van der Waals surface area contributed by atoms with Crippen LogP contribution in [-0.4, -0.2) is 67.6 Å². The van der Waals surface area contributed by atoms with Gasteiger partial charge in [-0.3, -0.25) is 4.79 Å². The van der Waals surface area contributed by atoms with E-state index >= 15 is 0 Å². The Morgan fingerprint density at radius 2 is 2.23 bits per heavy atom. The predicted molar refractivity (Wildman–Crippen MR) is 79.7 cm³/mol. The van der Waals surface area contributed by atoms with Crippen LogP contribution in [0.25, 0.3) is 0 Å². The van der Waals surface area contributed by atoms with Crippen LogP contribution in [0.1, 0.15) is 26.2 Å². The lowest BCUT2D eigenvalue weighted by Gasteiger charge is -2.34. The summed E-state index contributed by atoms with van der Waals surface area (Å²) >= 11 is 0. The Morgan fingerprint density at radius 3 is 2.91 bits per heavy atom. The first kappa shape index (κ1) is 17.0. The molecular weight excluding hydrogens is 288 g/mol. The van der Waals surface area contributed by atoms with E-state index in [2.05, 4.69) is 5.32 Å². The van der Waals surface area contributed by atoms with Crippen molar-refractivity contribution < 1.29 is 24.2 Å². The van der Waals surface area contributed by atoms with Gasteiger partial charge in [-0.15, -0.1) is 0 Å². The quantitative estimate of drug-likeness (QED) is 0.712. The number of likely N-dealkylation sites (tertiary alicyclic amines) is 1. The number of urea groups is 1. The molecule has 7 nitrogen and oxygen atoms in total. The highest BCUT2D eigenvalue weighted by Gasteiger charge is 2.31. The molecule has 2 aliphatic heterocycles. The van der Waals surface area contributed by atoms with E-state index in [9.17, 15) is 9.59 Å². The van der Waals surface area contributed by atoms with Gasteiger partial charge in [0.1, 0.15) is 0 Å². The van der Waals surface area contributed by atoms with Crippen LogP contribution in [0.5, 0.6) is 0 Å². The SMILES string of the molecule is CC1CC(C(=O)O)CN(C(=O)NCCCOC2CCOC2)C1. The van der Waals surface area contributed by atoms with Crippen molar-refractivity contribution in [2.24, 2.45) is 11.8 Å². The second-order valence-electron chi connectivity index (χ2n) is 6.22. The Morgan fingerprint density at radius 1 is 1.41 bits per heavy atom. The number of carbonyl (C=O) groups is 2. The van der Waals surface area contributed by atoms with E-state index in [-0.39, 0.29) is 18.1 Å². The predicted octanol–water partition coefficient (Wildman–Crippen LogP) is 0.934. The summed E-state index contributed by atoms with van der Waals surface area (Å²) in [5.41, 5.74) is 0. The Hall–Kier alpha value is -1.34. The van der Waals surface area contributed by atoms with Gasteiger partial charge in [0.15, 0.2) is 0 Å². The van der Waals surface area contributed by atoms with Crippen molar-refractivity contribution in [1.29, 1.82) is 0 Å². The van der Waals surface area contributed by atoms with Crippen LogP contribution < -0.4 is 5.32 Å². The van der Waals surface area contributed by atoms with Gasteiger partial charge in [-0.1, -0.05) is 6.92 Å². The number of piperidine rings is 1. The number of carboxylic acids is 1. The third-order valence-electron chi connectivity index (χ3n) is 4.13. The zero-order valence-electron chi connectivity index (χ0n) is 13.1. The average Bonchev–Trinajstić information content (AvgIpc) is 2.99. The molecule has 2 saturated heterocycles. The van der Waals surface area contributed by atoms with Crippen molar-refractivity contribution in [2.75, 3.05) is 39.5 Å². The smallest absolute Gasteiger partial charge is 0.317 e. The molecule has 0 bridgehead atoms. The number of nitrogens with one attached hydrogen (secondary N) is 1. The summed E-state index contributed by atoms with van der Waals surface area (Å²) in [6.45, 7) is 5.45. The van der Waals surface area contributed by atoms with Crippen LogP contribution in [0.2, 0.25) is 0 Å². The molecule has 0 saturated carbocycles. The minimum atomic E-state index is -0.823. The van der Waals surface area contributed by atoms with Gasteiger partial charge in [-0.25, -0.2) is 4.79 Å². The standard InChI is InChI=1S/C15H26N2O5/c1-11-7-12(14(18)19)9-17(8-11)15(20)16-4-2-5-22-13-3-6-21-10-13/h11-13H,2-10H2,1H3,(H,16,20)(H,18,19). The summed E-state index contributed by atoms with van der Waals surface area (Å²) < 4.78 is 10.8. The maximum Gasteiger partial charge on any atom is 0.317 e. The molecule has 2 aliphatic rings. The zero-order chi connectivity index (χ0) is 15.9. The van der Waals surface area contributed by atoms with Crippen molar-refractivity contribution in [3.8, 4) is 0 Å². The normalized spacial score (nSPS) is 28.6. The fourth-order valence-electron chi connectivity index (χ4n) is 2.97. The number of hydrogen-bond acceptors (Lipinski definition) is 4. The summed E-state index contributed by atoms with van der Waals surface area (Å²) in [6.07, 6.45) is 2.51. The first-order valence-corrected chi connectivity index (χ1v) is 8.01. The molecule has 2 fully saturated rings. The minimum absolute atomic E-state index is 0.179. The molecule has 22 heavy (non-hydrogen) atoms. The molecule has 0 aromatic heterocycles. The van der Waals surface area contributed by atoms with Gasteiger partial charge in [0.05, 0.1) is 18.6 Å². The molecule has 3 unspecified atom stereocenters. The largest absolute Gasteiger partial charge is 0.481 e. The van der Waals surface area contributed by atoms with Crippen molar-refractivity contribution in [3.05, 3.63) is 0 Å². The first-order chi connectivity index (χ1) is 10.6. The lowest BCUT2D eigenvalue weighted by Crippen LogP contribution is -2.49. The van der Waals surface area contributed by atoms with E-state index in [1.54, 1.807) is 4.90 Å². The van der Waals surface area contributed by atoms with E-state index in [1.807, 2.05) is 6.92 Å². The van der Waals surface area contributed by atoms with Crippen molar-refractivity contribution >= 4 is 12.0 Å². The molecule has 2 heterocycles. The topological polar surface area (TPSA) is 88.1 Å². The number of ether oxygens (including phenoxy) is 2. The fraction of sp³-hybridized carbons (Fsp3) is 0.867. The number of amides is 2. The molecule has 126 valence electrons. The van der Waals surface area contributed by atoms with E-state index < -0.39 is 11.9 Å². The lowest BCUT2D eigenvalue weighted by molar-refractivity contribution is -0.143. The molecule has 2 rings (SSSR count). The van der Waals surface area contributed by atoms with E-state index in [0.29, 0.717) is 39.3 Å². The highest BCUT2D eigenvalue weighted by molar-refractivity contribution is 5.76. The molecule has 0 radical (unpaired) electrons. The summed E-state index contributed by atoms with van der Waals surface area (Å²) in [6, 6.07) is -0.179. The van der Waals surface area contributed by atoms with Gasteiger partial charge < -0.3 is 24.8 Å². The number of hydrogen-bond donors (Lipinski definition) is 2. The average molecular weight is 314 g/mol. The second-order valence-corrected chi connectivity index (χ2v) is 6.22. The molecule has 3 atom stereocenters. The van der Waals surface area contributed by atoms with Gasteiger partial charge in [0.2, 0.25) is 0 Å².